The van der Waals surface area contributed by atoms with Crippen LogP contribution in [0.25, 0.3) is 33.3 Å². The van der Waals surface area contributed by atoms with Crippen LogP contribution in [0.4, 0.5) is 5.69 Å². The number of aliphatic hydroxyl groups excluding tert-OH is 2. The van der Waals surface area contributed by atoms with E-state index in [1.54, 1.807) is 39.8 Å². The van der Waals surface area contributed by atoms with Crippen LogP contribution < -0.4 is 20.2 Å². The quantitative estimate of drug-likeness (QED) is 0.0880. The number of anilines is 1. The van der Waals surface area contributed by atoms with Crippen molar-refractivity contribution >= 4 is 45.2 Å². The lowest BCUT2D eigenvalue weighted by atomic mass is 9.78. The number of esters is 1. The van der Waals surface area contributed by atoms with Crippen molar-refractivity contribution in [3.63, 3.8) is 0 Å². The molecule has 1 saturated heterocycles. The van der Waals surface area contributed by atoms with E-state index in [0.29, 0.717) is 0 Å². The number of Topliss-reactive ketones (excluding diaryl/α,β-unsaturated/α-hetero) is 1. The Balaban J connectivity index is 1.43. The highest BCUT2D eigenvalue weighted by Crippen LogP contribution is 2.51. The number of nitrogens with one attached hydrogen (secondary N) is 1. The molecule has 9 atom stereocenters. The van der Waals surface area contributed by atoms with Crippen LogP contribution in [0.1, 0.15) is 77.2 Å². The van der Waals surface area contributed by atoms with Gasteiger partial charge in [-0.1, -0.05) is 45.9 Å². The molecule has 4 bridgehead atoms. The fraction of sp³-hybridized carbons (Fsp3) is 0.490. The number of methoxy groups -OCH3 is 1. The van der Waals surface area contributed by atoms with Gasteiger partial charge in [0.2, 0.25) is 5.43 Å². The van der Waals surface area contributed by atoms with Gasteiger partial charge in [-0.25, -0.2) is 4.98 Å². The molecule has 4 heterocycles. The third kappa shape index (κ3) is 8.84. The van der Waals surface area contributed by atoms with Crippen molar-refractivity contribution in [2.45, 2.75) is 105 Å². The number of likely N-dealkylation sites (tertiary alicyclic amines) is 1. The van der Waals surface area contributed by atoms with Gasteiger partial charge in [0.25, 0.3) is 11.7 Å². The van der Waals surface area contributed by atoms with E-state index in [-0.39, 0.29) is 73.4 Å². The summed E-state index contributed by atoms with van der Waals surface area (Å²) in [7, 11) is 3.46. The van der Waals surface area contributed by atoms with Crippen molar-refractivity contribution in [3.05, 3.63) is 69.6 Å². The second kappa shape index (κ2) is 18.7. The highest BCUT2D eigenvalue weighted by Gasteiger charge is 2.50. The van der Waals surface area contributed by atoms with Gasteiger partial charge >= 0.3 is 11.8 Å². The van der Waals surface area contributed by atoms with Crippen molar-refractivity contribution in [2.75, 3.05) is 32.6 Å². The Bertz CT molecular complexity index is 2680. The number of fused-ring (bicyclic) bond motifs is 2. The molecular formula is C49H59N3O14. The number of ketones is 1. The number of rotatable bonds is 4. The maximum atomic E-state index is 14.8. The van der Waals surface area contributed by atoms with Crippen LogP contribution >= 0.6 is 0 Å². The van der Waals surface area contributed by atoms with Crippen molar-refractivity contribution in [3.8, 4) is 34.5 Å². The highest BCUT2D eigenvalue weighted by molar-refractivity contribution is 6.22. The minimum atomic E-state index is -2.09. The van der Waals surface area contributed by atoms with Crippen LogP contribution in [0.5, 0.6) is 23.0 Å². The summed E-state index contributed by atoms with van der Waals surface area (Å²) in [5, 5.41) is 48.4. The summed E-state index contributed by atoms with van der Waals surface area (Å²) in [6.07, 6.45) is 4.77. The molecule has 1 aliphatic carbocycles. The van der Waals surface area contributed by atoms with Crippen molar-refractivity contribution < 1.29 is 62.9 Å². The molecule has 0 radical (unpaired) electrons. The number of hydrogen-bond donors (Lipinski definition) is 5. The predicted molar refractivity (Wildman–Crippen MR) is 244 cm³/mol. The second-order valence-corrected chi connectivity index (χ2v) is 18.1. The second-order valence-electron chi connectivity index (χ2n) is 18.1. The predicted octanol–water partition coefficient (Wildman–Crippen LogP) is 6.13. The number of carbonyl (C=O) groups is 3. The molecule has 2 aromatic carbocycles. The summed E-state index contributed by atoms with van der Waals surface area (Å²) in [6, 6.07) is 2.92. The molecule has 2 aromatic rings. The van der Waals surface area contributed by atoms with E-state index in [0.717, 1.165) is 25.9 Å². The van der Waals surface area contributed by atoms with E-state index < -0.39 is 88.4 Å². The number of piperidine rings is 1. The van der Waals surface area contributed by atoms with Crippen LogP contribution in [-0.2, 0) is 23.8 Å². The zero-order valence-corrected chi connectivity index (χ0v) is 38.8. The van der Waals surface area contributed by atoms with Gasteiger partial charge in [-0.15, -0.1) is 0 Å². The lowest BCUT2D eigenvalue weighted by molar-refractivity contribution is -0.160. The van der Waals surface area contributed by atoms with Gasteiger partial charge in [0.15, 0.2) is 11.3 Å². The monoisotopic (exact) mass is 913 g/mol. The fourth-order valence-corrected chi connectivity index (χ4v) is 9.23. The molecule has 5 aliphatic rings. The highest BCUT2D eigenvalue weighted by atomic mass is 16.7. The van der Waals surface area contributed by atoms with Crippen molar-refractivity contribution in [1.29, 1.82) is 0 Å². The molecule has 17 nitrogen and oxygen atoms in total. The Morgan fingerprint density at radius 3 is 2.33 bits per heavy atom. The van der Waals surface area contributed by atoms with Gasteiger partial charge in [-0.2, -0.15) is 0 Å². The normalized spacial score (nSPS) is 30.2. The van der Waals surface area contributed by atoms with Gasteiger partial charge in [0.05, 0.1) is 35.5 Å². The van der Waals surface area contributed by atoms with Gasteiger partial charge in [0.1, 0.15) is 52.1 Å². The maximum Gasteiger partial charge on any atom is 0.312 e. The topological polar surface area (TPSA) is 237 Å². The number of benzene rings is 3. The molecule has 354 valence electrons. The molecule has 66 heavy (non-hydrogen) atoms. The number of carbonyl (C=O) groups excluding carboxylic acids is 3. The average Bonchev–Trinajstić information content (AvgIpc) is 3.54. The number of allylic oxidation sites excluding steroid dienone is 2. The van der Waals surface area contributed by atoms with E-state index in [1.807, 2.05) is 7.05 Å². The first kappa shape index (κ1) is 47.9. The molecule has 4 aliphatic heterocycles. The number of aromatic nitrogens is 1. The van der Waals surface area contributed by atoms with Crippen LogP contribution in [0.2, 0.25) is 0 Å². The summed E-state index contributed by atoms with van der Waals surface area (Å²) in [5.74, 6) is -7.75. The Morgan fingerprint density at radius 2 is 1.67 bits per heavy atom. The number of amides is 1. The molecule has 0 unspecified atom stereocenters. The van der Waals surface area contributed by atoms with Gasteiger partial charge in [-0.3, -0.25) is 19.2 Å². The first-order chi connectivity index (χ1) is 31.2. The summed E-state index contributed by atoms with van der Waals surface area (Å²) < 4.78 is 36.5. The smallest absolute Gasteiger partial charge is 0.312 e. The molecule has 1 amide bonds. The average molecular weight is 914 g/mol. The summed E-state index contributed by atoms with van der Waals surface area (Å²) in [6.45, 7) is 14.1. The molecule has 7 rings (SSSR count). The zero-order valence-electron chi connectivity index (χ0n) is 38.8. The number of ether oxygens (including phenoxy) is 5. The first-order valence-corrected chi connectivity index (χ1v) is 22.2. The number of aliphatic hydroxyl groups is 2. The Kier molecular flexibility index (Phi) is 13.6. The number of phenolic OH excluding ortho intramolecular Hbond substituents is 2. The number of hydrogen-bond acceptors (Lipinski definition) is 16. The van der Waals surface area contributed by atoms with Gasteiger partial charge < -0.3 is 58.7 Å². The van der Waals surface area contributed by atoms with E-state index in [9.17, 15) is 39.6 Å². The lowest BCUT2D eigenvalue weighted by Crippen LogP contribution is -2.46. The summed E-state index contributed by atoms with van der Waals surface area (Å²) in [5.41, 5.74) is -1.56. The standard InChI is InChI=1S/C49H59N3O14/c1-22-12-11-13-23(2)48(60)51-39-43(58)35-34(38-46(39)65-33-21-30(20-31(54)37(33)50-38)64-29-14-17-52(9)18-15-29)36-45(27(6)42(35)57)66-49(8,47(36)59)62-19-16-32(61-10)24(3)44(63-28(7)53)26(5)41(56)25(4)40(22)55/h11-13,16,19-22,24-26,29,32,40-41,44,54-57H,14-15,17-18H2,1-10H3,(H,51,60)/b12-11+,19-16+,23-13-/t22-,24+,25+,26+,32-,40-,41+,44+,49-/m0/s1. The Morgan fingerprint density at radius 1 is 0.970 bits per heavy atom. The number of phenols is 2. The minimum absolute atomic E-state index is 0.00366. The summed E-state index contributed by atoms with van der Waals surface area (Å²) >= 11 is 0. The Labute approximate surface area is 382 Å². The molecular weight excluding hydrogens is 855 g/mol. The van der Waals surface area contributed by atoms with Crippen molar-refractivity contribution in [2.24, 2.45) is 23.7 Å². The maximum absolute atomic E-state index is 14.8. The molecule has 0 spiro atoms. The summed E-state index contributed by atoms with van der Waals surface area (Å²) in [4.78, 5) is 62.9. The molecule has 17 heteroatoms. The SMILES string of the molecule is CO[C@H]1/C=C/O[C@@]2(C)Oc3c(C)c(O)c4c(=O)c(c5oc6cc(OC7CCN(C)CC7)cc(O)c6nc-5c4c3C2=O)NC(=O)/C(C)=C\C=C\[C@H](C)[C@H](O)[C@@H](C)[C@@H](O)[C@@H](C)[C@H](OC(C)=O)[C@@H]1C. The Hall–Kier alpha value is -6.01. The van der Waals surface area contributed by atoms with E-state index in [1.165, 1.54) is 65.4 Å². The molecule has 0 aromatic heterocycles. The third-order valence-electron chi connectivity index (χ3n) is 13.4. The molecule has 0 saturated carbocycles. The zero-order chi connectivity index (χ0) is 48.1. The lowest BCUT2D eigenvalue weighted by Gasteiger charge is -2.38. The number of nitrogens with zero attached hydrogens (tertiary/aromatic N) is 2. The van der Waals surface area contributed by atoms with Gasteiger partial charge in [0, 0.05) is 86.4 Å². The third-order valence-corrected chi connectivity index (χ3v) is 13.4. The van der Waals surface area contributed by atoms with Crippen molar-refractivity contribution in [1.82, 2.24) is 9.88 Å². The number of aromatic hydroxyl groups is 2. The van der Waals surface area contributed by atoms with Gasteiger partial charge in [-0.05, 0) is 39.8 Å². The molecule has 5 N–H and O–H groups in total. The van der Waals surface area contributed by atoms with E-state index in [4.69, 9.17) is 33.1 Å². The van der Waals surface area contributed by atoms with Crippen LogP contribution in [0.15, 0.2) is 57.5 Å². The molecule has 1 fully saturated rings. The van der Waals surface area contributed by atoms with Crippen LogP contribution in [-0.4, -0.2) is 112 Å². The first-order valence-electron chi connectivity index (χ1n) is 22.2. The van der Waals surface area contributed by atoms with E-state index >= 15 is 0 Å². The largest absolute Gasteiger partial charge is 0.507 e. The van der Waals surface area contributed by atoms with E-state index in [2.05, 4.69) is 10.2 Å². The van der Waals surface area contributed by atoms with Crippen LogP contribution in [0.3, 0.4) is 0 Å². The minimum Gasteiger partial charge on any atom is -0.507 e. The fourth-order valence-electron chi connectivity index (χ4n) is 9.23. The van der Waals surface area contributed by atoms with Crippen LogP contribution in [0, 0.1) is 30.6 Å².